The Morgan fingerprint density at radius 3 is 2.38 bits per heavy atom. The van der Waals surface area contributed by atoms with Crippen LogP contribution in [0.15, 0.2) is 69.6 Å². The molecule has 0 saturated carbocycles. The van der Waals surface area contributed by atoms with Crippen LogP contribution in [0.3, 0.4) is 0 Å². The summed E-state index contributed by atoms with van der Waals surface area (Å²) in [6, 6.07) is 17.9. The number of ketones is 1. The highest BCUT2D eigenvalue weighted by molar-refractivity contribution is 6.11. The van der Waals surface area contributed by atoms with E-state index in [4.69, 9.17) is 14.7 Å². The van der Waals surface area contributed by atoms with Crippen molar-refractivity contribution >= 4 is 17.4 Å². The topological polar surface area (TPSA) is 137 Å². The van der Waals surface area contributed by atoms with Crippen LogP contribution in [0, 0.1) is 0 Å². The molecule has 0 aliphatic rings. The third-order valence-corrected chi connectivity index (χ3v) is 4.09. The summed E-state index contributed by atoms with van der Waals surface area (Å²) in [4.78, 5) is 24.7. The summed E-state index contributed by atoms with van der Waals surface area (Å²) < 4.78 is 10.4. The van der Waals surface area contributed by atoms with Gasteiger partial charge in [0.1, 0.15) is 5.69 Å². The highest BCUT2D eigenvalue weighted by Crippen LogP contribution is 2.28. The van der Waals surface area contributed by atoms with Crippen molar-refractivity contribution in [1.29, 1.82) is 0 Å². The Hall–Kier alpha value is -4.27. The van der Waals surface area contributed by atoms with Crippen LogP contribution in [0.2, 0.25) is 0 Å². The summed E-state index contributed by atoms with van der Waals surface area (Å²) >= 11 is 0. The minimum Gasteiger partial charge on any atom is -0.410 e. The van der Waals surface area contributed by atoms with Gasteiger partial charge in [-0.25, -0.2) is 0 Å². The lowest BCUT2D eigenvalue weighted by atomic mass is 10.1. The maximum absolute atomic E-state index is 12.5. The molecule has 29 heavy (non-hydrogen) atoms. The normalized spacial score (nSPS) is 10.6. The van der Waals surface area contributed by atoms with Gasteiger partial charge in [-0.15, -0.1) is 10.2 Å². The predicted molar refractivity (Wildman–Crippen MR) is 102 cm³/mol. The van der Waals surface area contributed by atoms with Crippen LogP contribution >= 0.6 is 0 Å². The fraction of sp³-hybridized carbons (Fsp3) is 0.0500. The van der Waals surface area contributed by atoms with E-state index in [2.05, 4.69) is 20.7 Å². The van der Waals surface area contributed by atoms with Crippen molar-refractivity contribution in [3.05, 3.63) is 83.4 Å². The molecular weight excluding hydrogens is 374 g/mol. The van der Waals surface area contributed by atoms with Crippen LogP contribution in [-0.4, -0.2) is 27.0 Å². The van der Waals surface area contributed by atoms with Gasteiger partial charge in [-0.3, -0.25) is 9.59 Å². The van der Waals surface area contributed by atoms with E-state index in [0.717, 1.165) is 5.56 Å². The molecule has 0 aliphatic carbocycles. The first-order valence-electron chi connectivity index (χ1n) is 8.64. The van der Waals surface area contributed by atoms with Crippen molar-refractivity contribution in [3.63, 3.8) is 0 Å². The van der Waals surface area contributed by atoms with Crippen LogP contribution in [0.5, 0.6) is 0 Å². The van der Waals surface area contributed by atoms with Gasteiger partial charge < -0.3 is 20.0 Å². The lowest BCUT2D eigenvalue weighted by Crippen LogP contribution is -2.23. The molecular formula is C20H15N5O4. The number of nitrogens with one attached hydrogen (secondary N) is 1. The van der Waals surface area contributed by atoms with Crippen molar-refractivity contribution < 1.29 is 18.5 Å². The number of aromatic nitrogens is 3. The van der Waals surface area contributed by atoms with Gasteiger partial charge in [0.2, 0.25) is 11.5 Å². The number of amides is 1. The molecule has 4 aromatic rings. The molecule has 4 rings (SSSR count). The number of nitrogens with two attached hydrogens (primary N) is 1. The standard InChI is InChI=1S/C20H15N5O4/c21-14-15(25-29-17(14)16(26)13-9-5-2-6-10-13)19-23-24-20(28-19)18(27)22-11-12-7-3-1-4-8-12/h1-10H,11,21H2,(H,22,27). The van der Waals surface area contributed by atoms with Crippen LogP contribution in [0.4, 0.5) is 5.69 Å². The zero-order valence-corrected chi connectivity index (χ0v) is 15.0. The molecule has 0 atom stereocenters. The summed E-state index contributed by atoms with van der Waals surface area (Å²) in [5, 5.41) is 13.9. The molecule has 0 saturated heterocycles. The van der Waals surface area contributed by atoms with E-state index in [0.29, 0.717) is 12.1 Å². The van der Waals surface area contributed by atoms with Crippen molar-refractivity contribution in [2.45, 2.75) is 6.54 Å². The fourth-order valence-corrected chi connectivity index (χ4v) is 2.60. The molecule has 2 aromatic heterocycles. The average Bonchev–Trinajstić information content (AvgIpc) is 3.40. The molecule has 0 bridgehead atoms. The zero-order valence-electron chi connectivity index (χ0n) is 15.0. The van der Waals surface area contributed by atoms with Gasteiger partial charge in [0, 0.05) is 12.1 Å². The number of carbonyl (C=O) groups excluding carboxylic acids is 2. The van der Waals surface area contributed by atoms with Crippen LogP contribution in [0.25, 0.3) is 11.6 Å². The number of hydrogen-bond donors (Lipinski definition) is 2. The molecule has 0 aliphatic heterocycles. The van der Waals surface area contributed by atoms with Gasteiger partial charge in [0.05, 0.1) is 0 Å². The maximum Gasteiger partial charge on any atom is 0.309 e. The highest BCUT2D eigenvalue weighted by atomic mass is 16.5. The van der Waals surface area contributed by atoms with E-state index in [-0.39, 0.29) is 28.9 Å². The molecule has 0 radical (unpaired) electrons. The van der Waals surface area contributed by atoms with Crippen LogP contribution < -0.4 is 11.1 Å². The van der Waals surface area contributed by atoms with Gasteiger partial charge in [-0.05, 0) is 5.56 Å². The van der Waals surface area contributed by atoms with E-state index in [1.165, 1.54) is 0 Å². The second kappa shape index (κ2) is 7.77. The second-order valence-electron chi connectivity index (χ2n) is 6.05. The number of rotatable bonds is 6. The SMILES string of the molecule is Nc1c(-c2nnc(C(=O)NCc3ccccc3)o2)noc1C(=O)c1ccccc1. The first-order valence-corrected chi connectivity index (χ1v) is 8.64. The number of benzene rings is 2. The molecule has 1 amide bonds. The Balaban J connectivity index is 1.50. The Bertz CT molecular complexity index is 1150. The molecule has 9 heteroatoms. The van der Waals surface area contributed by atoms with E-state index in [1.54, 1.807) is 30.3 Å². The molecule has 2 aromatic carbocycles. The Morgan fingerprint density at radius 2 is 1.66 bits per heavy atom. The lowest BCUT2D eigenvalue weighted by molar-refractivity contribution is 0.0916. The third kappa shape index (κ3) is 3.74. The summed E-state index contributed by atoms with van der Waals surface area (Å²) in [7, 11) is 0. The minimum atomic E-state index is -0.546. The van der Waals surface area contributed by atoms with Crippen molar-refractivity contribution in [2.75, 3.05) is 5.73 Å². The lowest BCUT2D eigenvalue weighted by Gasteiger charge is -2.01. The molecule has 144 valence electrons. The van der Waals surface area contributed by atoms with Crippen molar-refractivity contribution in [1.82, 2.24) is 20.7 Å². The van der Waals surface area contributed by atoms with Gasteiger partial charge in [0.25, 0.3) is 5.89 Å². The zero-order chi connectivity index (χ0) is 20.2. The molecule has 0 fully saturated rings. The summed E-state index contributed by atoms with van der Waals surface area (Å²) in [6.45, 7) is 0.305. The Kier molecular flexibility index (Phi) is 4.85. The third-order valence-electron chi connectivity index (χ3n) is 4.09. The largest absolute Gasteiger partial charge is 0.410 e. The van der Waals surface area contributed by atoms with Crippen molar-refractivity contribution in [2.24, 2.45) is 0 Å². The van der Waals surface area contributed by atoms with Gasteiger partial charge in [-0.1, -0.05) is 65.8 Å². The molecule has 0 unspecified atom stereocenters. The van der Waals surface area contributed by atoms with E-state index in [9.17, 15) is 9.59 Å². The monoisotopic (exact) mass is 389 g/mol. The Morgan fingerprint density at radius 1 is 0.966 bits per heavy atom. The predicted octanol–water partition coefficient (Wildman–Crippen LogP) is 2.47. The quantitative estimate of drug-likeness (QED) is 0.480. The van der Waals surface area contributed by atoms with Gasteiger partial charge >= 0.3 is 11.8 Å². The molecule has 9 nitrogen and oxygen atoms in total. The first-order chi connectivity index (χ1) is 14.1. The fourth-order valence-electron chi connectivity index (χ4n) is 2.60. The molecule has 3 N–H and O–H groups in total. The molecule has 0 spiro atoms. The average molecular weight is 389 g/mol. The second-order valence-corrected chi connectivity index (χ2v) is 6.05. The summed E-state index contributed by atoms with van der Waals surface area (Å²) in [5.41, 5.74) is 7.26. The number of nitrogen functional groups attached to an aromatic ring is 1. The number of anilines is 1. The molecule has 2 heterocycles. The van der Waals surface area contributed by atoms with Gasteiger partial charge in [0.15, 0.2) is 5.69 Å². The number of carbonyl (C=O) groups is 2. The van der Waals surface area contributed by atoms with Crippen LogP contribution in [0.1, 0.15) is 32.4 Å². The minimum absolute atomic E-state index is 0.00103. The first kappa shape index (κ1) is 18.1. The summed E-state index contributed by atoms with van der Waals surface area (Å²) in [5.74, 6) is -1.49. The van der Waals surface area contributed by atoms with E-state index < -0.39 is 11.7 Å². The van der Waals surface area contributed by atoms with Crippen LogP contribution in [-0.2, 0) is 6.54 Å². The smallest absolute Gasteiger partial charge is 0.309 e. The number of nitrogens with zero attached hydrogens (tertiary/aromatic N) is 3. The van der Waals surface area contributed by atoms with Gasteiger partial charge in [-0.2, -0.15) is 0 Å². The highest BCUT2D eigenvalue weighted by Gasteiger charge is 2.26. The Labute approximate surface area is 164 Å². The van der Waals surface area contributed by atoms with E-state index >= 15 is 0 Å². The number of hydrogen-bond acceptors (Lipinski definition) is 8. The van der Waals surface area contributed by atoms with Crippen molar-refractivity contribution in [3.8, 4) is 11.6 Å². The van der Waals surface area contributed by atoms with E-state index in [1.807, 2.05) is 30.3 Å². The maximum atomic E-state index is 12.5. The summed E-state index contributed by atoms with van der Waals surface area (Å²) in [6.07, 6.45) is 0.